The molecule has 2 aromatic heterocycles. The van der Waals surface area contributed by atoms with Gasteiger partial charge in [0, 0.05) is 73.9 Å². The highest BCUT2D eigenvalue weighted by molar-refractivity contribution is 7.27. The predicted molar refractivity (Wildman–Crippen MR) is 219 cm³/mol. The molecule has 0 unspecified atom stereocenters. The fraction of sp³-hybridized carbons (Fsp3) is 0. The summed E-state index contributed by atoms with van der Waals surface area (Å²) in [4.78, 5) is 4.85. The van der Waals surface area contributed by atoms with Crippen LogP contribution in [0.5, 0.6) is 0 Å². The first-order chi connectivity index (χ1) is 24.8. The van der Waals surface area contributed by atoms with Crippen molar-refractivity contribution in [2.45, 2.75) is 0 Å². The number of para-hydroxylation sites is 3. The lowest BCUT2D eigenvalue weighted by atomic mass is 10.0. The van der Waals surface area contributed by atoms with Gasteiger partial charge in [-0.3, -0.25) is 0 Å². The third kappa shape index (κ3) is 4.68. The molecule has 0 radical (unpaired) electrons. The maximum absolute atomic E-state index is 2.45. The molecule has 10 rings (SSSR count). The fourth-order valence-electron chi connectivity index (χ4n) is 7.42. The molecule has 8 aromatic carbocycles. The van der Waals surface area contributed by atoms with Gasteiger partial charge in [-0.1, -0.05) is 103 Å². The maximum Gasteiger partial charge on any atom is 0.0554 e. The smallest absolute Gasteiger partial charge is 0.0554 e. The summed E-state index contributed by atoms with van der Waals surface area (Å²) in [5.74, 6) is 0. The summed E-state index contributed by atoms with van der Waals surface area (Å²) in [6.45, 7) is 0. The van der Waals surface area contributed by atoms with Crippen molar-refractivity contribution in [3.63, 3.8) is 0 Å². The molecule has 0 spiro atoms. The first-order valence-electron chi connectivity index (χ1n) is 16.9. The molecule has 0 aliphatic rings. The van der Waals surface area contributed by atoms with Crippen LogP contribution < -0.4 is 9.80 Å². The summed E-state index contributed by atoms with van der Waals surface area (Å²) in [6.07, 6.45) is 0. The van der Waals surface area contributed by atoms with Crippen molar-refractivity contribution >= 4 is 108 Å². The molecule has 0 fully saturated rings. The number of rotatable bonds is 6. The summed E-state index contributed by atoms with van der Waals surface area (Å²) in [7, 11) is 0. The number of nitrogens with zero attached hydrogens (tertiary/aromatic N) is 2. The molecule has 0 bridgehead atoms. The molecule has 10 aromatic rings. The van der Waals surface area contributed by atoms with Gasteiger partial charge in [0.25, 0.3) is 0 Å². The summed E-state index contributed by atoms with van der Waals surface area (Å²) in [5.41, 5.74) is 6.88. The van der Waals surface area contributed by atoms with E-state index in [1.807, 2.05) is 22.7 Å². The second-order valence-electron chi connectivity index (χ2n) is 12.5. The molecule has 2 heterocycles. The van der Waals surface area contributed by atoms with Crippen molar-refractivity contribution < 1.29 is 0 Å². The molecular weight excluding hydrogens is 645 g/mol. The van der Waals surface area contributed by atoms with Crippen LogP contribution in [0.15, 0.2) is 182 Å². The second-order valence-corrected chi connectivity index (χ2v) is 14.7. The van der Waals surface area contributed by atoms with Gasteiger partial charge < -0.3 is 9.80 Å². The van der Waals surface area contributed by atoms with Gasteiger partial charge in [0.15, 0.2) is 0 Å². The Kier molecular flexibility index (Phi) is 6.90. The zero-order valence-corrected chi connectivity index (χ0v) is 28.7. The molecule has 0 amide bonds. The lowest BCUT2D eigenvalue weighted by Gasteiger charge is -2.28. The summed E-state index contributed by atoms with van der Waals surface area (Å²) in [5, 5.41) is 7.62. The van der Waals surface area contributed by atoms with Crippen molar-refractivity contribution in [2.24, 2.45) is 0 Å². The number of anilines is 6. The Morgan fingerprint density at radius 3 is 1.52 bits per heavy atom. The molecule has 4 heteroatoms. The third-order valence-electron chi connectivity index (χ3n) is 9.60. The number of hydrogen-bond acceptors (Lipinski definition) is 4. The maximum atomic E-state index is 2.45. The summed E-state index contributed by atoms with van der Waals surface area (Å²) >= 11 is 3.75. The Hall–Kier alpha value is -5.94. The third-order valence-corrected chi connectivity index (χ3v) is 12.0. The van der Waals surface area contributed by atoms with Crippen molar-refractivity contribution in [1.29, 1.82) is 0 Å². The van der Waals surface area contributed by atoms with Crippen LogP contribution >= 0.6 is 22.7 Å². The van der Waals surface area contributed by atoms with Gasteiger partial charge in [0.1, 0.15) is 0 Å². The van der Waals surface area contributed by atoms with Crippen molar-refractivity contribution in [3.05, 3.63) is 182 Å². The summed E-state index contributed by atoms with van der Waals surface area (Å²) < 4.78 is 5.20. The van der Waals surface area contributed by atoms with E-state index in [4.69, 9.17) is 0 Å². The normalized spacial score (nSPS) is 11.6. The average Bonchev–Trinajstić information content (AvgIpc) is 3.75. The molecule has 0 aliphatic heterocycles. The van der Waals surface area contributed by atoms with Crippen LogP contribution in [0.2, 0.25) is 0 Å². The molecule has 0 N–H and O–H groups in total. The number of benzene rings is 8. The molecule has 236 valence electrons. The monoisotopic (exact) mass is 674 g/mol. The van der Waals surface area contributed by atoms with E-state index in [-0.39, 0.29) is 0 Å². The van der Waals surface area contributed by atoms with E-state index in [0.29, 0.717) is 0 Å². The van der Waals surface area contributed by atoms with E-state index in [2.05, 4.69) is 192 Å². The minimum absolute atomic E-state index is 1.13. The van der Waals surface area contributed by atoms with E-state index < -0.39 is 0 Å². The molecule has 50 heavy (non-hydrogen) atoms. The second kappa shape index (κ2) is 11.9. The van der Waals surface area contributed by atoms with Crippen LogP contribution in [-0.4, -0.2) is 0 Å². The SMILES string of the molecule is c1ccc(N(c2ccccc2)c2cc3c(sc4cccc(N(c5ccccc5)c5ccc6sc7ccccc7c6c5)c43)c3ccccc23)cc1. The number of fused-ring (bicyclic) bond motifs is 8. The highest BCUT2D eigenvalue weighted by Crippen LogP contribution is 2.50. The average molecular weight is 675 g/mol. The standard InChI is InChI=1S/C46H30N2S2/c1-4-15-31(16-5-1)47(32-17-6-2-7-18-32)41-30-39-45-40(24-14-26-44(45)50-46(39)37-23-11-10-21-35(37)41)48(33-19-8-3-9-20-33)34-27-28-43-38(29-34)36-22-12-13-25-42(36)49-43/h1-30H. The largest absolute Gasteiger partial charge is 0.310 e. The summed E-state index contributed by atoms with van der Waals surface area (Å²) in [6, 6.07) is 66.0. The minimum Gasteiger partial charge on any atom is -0.310 e. The predicted octanol–water partition coefficient (Wildman–Crippen LogP) is 14.5. The van der Waals surface area contributed by atoms with Crippen LogP contribution in [0.1, 0.15) is 0 Å². The van der Waals surface area contributed by atoms with Gasteiger partial charge in [0.2, 0.25) is 0 Å². The Morgan fingerprint density at radius 1 is 0.300 bits per heavy atom. The Labute approximate surface area is 298 Å². The number of hydrogen-bond donors (Lipinski definition) is 0. The molecule has 2 nitrogen and oxygen atoms in total. The highest BCUT2D eigenvalue weighted by Gasteiger charge is 2.23. The Balaban J connectivity index is 1.28. The molecule has 0 atom stereocenters. The van der Waals surface area contributed by atoms with Crippen LogP contribution in [0.4, 0.5) is 34.1 Å². The van der Waals surface area contributed by atoms with Crippen molar-refractivity contribution in [3.8, 4) is 0 Å². The van der Waals surface area contributed by atoms with E-state index in [0.717, 1.165) is 28.4 Å². The zero-order chi connectivity index (χ0) is 33.0. The first kappa shape index (κ1) is 29.0. The number of thiophene rings is 2. The van der Waals surface area contributed by atoms with Crippen LogP contribution in [-0.2, 0) is 0 Å². The van der Waals surface area contributed by atoms with Crippen molar-refractivity contribution in [1.82, 2.24) is 0 Å². The first-order valence-corrected chi connectivity index (χ1v) is 18.5. The lowest BCUT2D eigenvalue weighted by Crippen LogP contribution is -2.11. The van der Waals surface area contributed by atoms with Crippen molar-refractivity contribution in [2.75, 3.05) is 9.80 Å². The van der Waals surface area contributed by atoms with Gasteiger partial charge >= 0.3 is 0 Å². The van der Waals surface area contributed by atoms with Crippen LogP contribution in [0.3, 0.4) is 0 Å². The molecule has 0 saturated carbocycles. The van der Waals surface area contributed by atoms with E-state index in [1.54, 1.807) is 0 Å². The topological polar surface area (TPSA) is 6.48 Å². The van der Waals surface area contributed by atoms with Gasteiger partial charge in [-0.25, -0.2) is 0 Å². The van der Waals surface area contributed by atoms with Gasteiger partial charge in [-0.2, -0.15) is 0 Å². The highest BCUT2D eigenvalue weighted by atomic mass is 32.1. The zero-order valence-electron chi connectivity index (χ0n) is 27.0. The van der Waals surface area contributed by atoms with E-state index in [1.165, 1.54) is 56.8 Å². The Morgan fingerprint density at radius 2 is 0.840 bits per heavy atom. The minimum atomic E-state index is 1.13. The van der Waals surface area contributed by atoms with Crippen LogP contribution in [0.25, 0.3) is 51.1 Å². The Bertz CT molecular complexity index is 2780. The van der Waals surface area contributed by atoms with Crippen LogP contribution in [0, 0.1) is 0 Å². The molecule has 0 saturated heterocycles. The molecular formula is C46H30N2S2. The van der Waals surface area contributed by atoms with E-state index >= 15 is 0 Å². The fourth-order valence-corrected chi connectivity index (χ4v) is 9.75. The van der Waals surface area contributed by atoms with E-state index in [9.17, 15) is 0 Å². The molecule has 0 aliphatic carbocycles. The lowest BCUT2D eigenvalue weighted by molar-refractivity contribution is 1.30. The van der Waals surface area contributed by atoms with Gasteiger partial charge in [0.05, 0.1) is 11.4 Å². The quantitative estimate of drug-likeness (QED) is 0.173. The van der Waals surface area contributed by atoms with Gasteiger partial charge in [-0.05, 0) is 78.9 Å². The van der Waals surface area contributed by atoms with Gasteiger partial charge in [-0.15, -0.1) is 22.7 Å².